The zero-order valence-electron chi connectivity index (χ0n) is 12.0. The van der Waals surface area contributed by atoms with Gasteiger partial charge in [0.25, 0.3) is 0 Å². The highest BCUT2D eigenvalue weighted by atomic mass is 16.5. The minimum absolute atomic E-state index is 0.305. The van der Waals surface area contributed by atoms with Gasteiger partial charge >= 0.3 is 0 Å². The molecular weight excluding hydrogens is 228 g/mol. The molecule has 1 rings (SSSR count). The molecule has 0 bridgehead atoms. The molecule has 1 N–H and O–H groups in total. The SMILES string of the molecule is CNCCN(C)C(C)c1ccc(OC)cc1OC. The van der Waals surface area contributed by atoms with Gasteiger partial charge in [-0.15, -0.1) is 0 Å². The van der Waals surface area contributed by atoms with E-state index in [4.69, 9.17) is 9.47 Å². The molecule has 0 fully saturated rings. The van der Waals surface area contributed by atoms with Gasteiger partial charge in [0, 0.05) is 30.8 Å². The molecule has 0 saturated heterocycles. The van der Waals surface area contributed by atoms with Gasteiger partial charge in [0.1, 0.15) is 11.5 Å². The number of nitrogens with one attached hydrogen (secondary N) is 1. The molecule has 1 unspecified atom stereocenters. The Morgan fingerprint density at radius 2 is 2.00 bits per heavy atom. The van der Waals surface area contributed by atoms with E-state index in [1.807, 2.05) is 19.2 Å². The molecule has 0 aliphatic carbocycles. The summed E-state index contributed by atoms with van der Waals surface area (Å²) in [5, 5.41) is 3.16. The molecular formula is C14H24N2O2. The fourth-order valence-corrected chi connectivity index (χ4v) is 1.88. The average Bonchev–Trinajstić information content (AvgIpc) is 2.43. The monoisotopic (exact) mass is 252 g/mol. The third-order valence-corrected chi connectivity index (χ3v) is 3.27. The van der Waals surface area contributed by atoms with E-state index < -0.39 is 0 Å². The Kier molecular flexibility index (Phi) is 5.95. The number of rotatable bonds is 7. The lowest BCUT2D eigenvalue weighted by Crippen LogP contribution is -2.29. The lowest BCUT2D eigenvalue weighted by molar-refractivity contribution is 0.256. The summed E-state index contributed by atoms with van der Waals surface area (Å²) in [6.45, 7) is 4.14. The van der Waals surface area contributed by atoms with E-state index in [0.717, 1.165) is 24.6 Å². The Labute approximate surface area is 110 Å². The molecule has 0 aliphatic rings. The molecule has 4 heteroatoms. The van der Waals surface area contributed by atoms with E-state index in [1.54, 1.807) is 14.2 Å². The summed E-state index contributed by atoms with van der Waals surface area (Å²) in [4.78, 5) is 2.29. The molecule has 0 heterocycles. The van der Waals surface area contributed by atoms with E-state index in [2.05, 4.69) is 30.3 Å². The number of hydrogen-bond donors (Lipinski definition) is 1. The van der Waals surface area contributed by atoms with Gasteiger partial charge in [0.2, 0.25) is 0 Å². The minimum Gasteiger partial charge on any atom is -0.497 e. The van der Waals surface area contributed by atoms with Crippen molar-refractivity contribution in [2.24, 2.45) is 0 Å². The normalized spacial score (nSPS) is 12.6. The zero-order valence-corrected chi connectivity index (χ0v) is 12.0. The molecule has 0 radical (unpaired) electrons. The number of hydrogen-bond acceptors (Lipinski definition) is 4. The lowest BCUT2D eigenvalue weighted by Gasteiger charge is -2.26. The number of nitrogens with zero attached hydrogens (tertiary/aromatic N) is 1. The predicted octanol–water partition coefficient (Wildman–Crippen LogP) is 1.92. The lowest BCUT2D eigenvalue weighted by atomic mass is 10.1. The van der Waals surface area contributed by atoms with E-state index in [9.17, 15) is 0 Å². The molecule has 1 aromatic rings. The van der Waals surface area contributed by atoms with Crippen LogP contribution in [0.5, 0.6) is 11.5 Å². The molecule has 102 valence electrons. The highest BCUT2D eigenvalue weighted by Gasteiger charge is 2.16. The van der Waals surface area contributed by atoms with Crippen LogP contribution in [0.15, 0.2) is 18.2 Å². The van der Waals surface area contributed by atoms with Crippen molar-refractivity contribution >= 4 is 0 Å². The maximum absolute atomic E-state index is 5.44. The van der Waals surface area contributed by atoms with Crippen LogP contribution in [0.3, 0.4) is 0 Å². The highest BCUT2D eigenvalue weighted by molar-refractivity contribution is 5.42. The number of likely N-dealkylation sites (N-methyl/N-ethyl adjacent to an activating group) is 2. The smallest absolute Gasteiger partial charge is 0.127 e. The van der Waals surface area contributed by atoms with Crippen molar-refractivity contribution in [3.63, 3.8) is 0 Å². The summed E-state index contributed by atoms with van der Waals surface area (Å²) in [6, 6.07) is 6.27. The Bertz CT molecular complexity index is 369. The van der Waals surface area contributed by atoms with Gasteiger partial charge < -0.3 is 14.8 Å². The molecule has 0 saturated carbocycles. The zero-order chi connectivity index (χ0) is 13.5. The Morgan fingerprint density at radius 3 is 2.56 bits per heavy atom. The third kappa shape index (κ3) is 3.62. The quantitative estimate of drug-likeness (QED) is 0.804. The van der Waals surface area contributed by atoms with E-state index in [-0.39, 0.29) is 0 Å². The predicted molar refractivity (Wildman–Crippen MR) is 74.5 cm³/mol. The van der Waals surface area contributed by atoms with Crippen LogP contribution in [0, 0.1) is 0 Å². The van der Waals surface area contributed by atoms with Crippen LogP contribution in [-0.2, 0) is 0 Å². The number of methoxy groups -OCH3 is 2. The van der Waals surface area contributed by atoms with Gasteiger partial charge in [-0.3, -0.25) is 4.90 Å². The molecule has 1 aromatic carbocycles. The summed E-state index contributed by atoms with van der Waals surface area (Å²) in [5.74, 6) is 1.69. The standard InChI is InChI=1S/C14H24N2O2/c1-11(16(3)9-8-15-2)13-7-6-12(17-4)10-14(13)18-5/h6-7,10-11,15H,8-9H2,1-5H3. The van der Waals surface area contributed by atoms with E-state index >= 15 is 0 Å². The maximum atomic E-state index is 5.44. The Hall–Kier alpha value is -1.26. The summed E-state index contributed by atoms with van der Waals surface area (Å²) in [5.41, 5.74) is 1.18. The third-order valence-electron chi connectivity index (χ3n) is 3.27. The molecule has 1 atom stereocenters. The number of benzene rings is 1. The van der Waals surface area contributed by atoms with Gasteiger partial charge in [-0.05, 0) is 27.1 Å². The van der Waals surface area contributed by atoms with Crippen LogP contribution in [-0.4, -0.2) is 46.3 Å². The van der Waals surface area contributed by atoms with E-state index in [0.29, 0.717) is 6.04 Å². The van der Waals surface area contributed by atoms with Crippen LogP contribution in [0.1, 0.15) is 18.5 Å². The van der Waals surface area contributed by atoms with Crippen molar-refractivity contribution in [2.45, 2.75) is 13.0 Å². The first kappa shape index (κ1) is 14.8. The second kappa shape index (κ2) is 7.24. The van der Waals surface area contributed by atoms with Crippen LogP contribution in [0.4, 0.5) is 0 Å². The molecule has 0 aromatic heterocycles. The summed E-state index contributed by atoms with van der Waals surface area (Å²) in [6.07, 6.45) is 0. The van der Waals surface area contributed by atoms with Gasteiger partial charge in [0.15, 0.2) is 0 Å². The molecule has 18 heavy (non-hydrogen) atoms. The Morgan fingerprint density at radius 1 is 1.28 bits per heavy atom. The van der Waals surface area contributed by atoms with Crippen molar-refractivity contribution in [3.05, 3.63) is 23.8 Å². The van der Waals surface area contributed by atoms with Crippen LogP contribution in [0.25, 0.3) is 0 Å². The first-order chi connectivity index (χ1) is 8.63. The Balaban J connectivity index is 2.86. The molecule has 4 nitrogen and oxygen atoms in total. The molecule has 0 spiro atoms. The second-order valence-corrected chi connectivity index (χ2v) is 4.37. The summed E-state index contributed by atoms with van der Waals surface area (Å²) in [7, 11) is 7.44. The van der Waals surface area contributed by atoms with Crippen LogP contribution >= 0.6 is 0 Å². The van der Waals surface area contributed by atoms with Crippen molar-refractivity contribution in [1.29, 1.82) is 0 Å². The van der Waals surface area contributed by atoms with E-state index in [1.165, 1.54) is 5.56 Å². The highest BCUT2D eigenvalue weighted by Crippen LogP contribution is 2.31. The largest absolute Gasteiger partial charge is 0.497 e. The summed E-state index contributed by atoms with van der Waals surface area (Å²) >= 11 is 0. The minimum atomic E-state index is 0.305. The second-order valence-electron chi connectivity index (χ2n) is 4.37. The van der Waals surface area contributed by atoms with Gasteiger partial charge in [-0.25, -0.2) is 0 Å². The fraction of sp³-hybridized carbons (Fsp3) is 0.571. The molecule has 0 amide bonds. The van der Waals surface area contributed by atoms with Gasteiger partial charge in [0.05, 0.1) is 14.2 Å². The van der Waals surface area contributed by atoms with Gasteiger partial charge in [-0.2, -0.15) is 0 Å². The van der Waals surface area contributed by atoms with Gasteiger partial charge in [-0.1, -0.05) is 6.07 Å². The van der Waals surface area contributed by atoms with Crippen LogP contribution < -0.4 is 14.8 Å². The fourth-order valence-electron chi connectivity index (χ4n) is 1.88. The maximum Gasteiger partial charge on any atom is 0.127 e. The average molecular weight is 252 g/mol. The van der Waals surface area contributed by atoms with Crippen molar-refractivity contribution in [1.82, 2.24) is 10.2 Å². The molecule has 0 aliphatic heterocycles. The first-order valence-electron chi connectivity index (χ1n) is 6.20. The van der Waals surface area contributed by atoms with Crippen molar-refractivity contribution in [2.75, 3.05) is 41.4 Å². The van der Waals surface area contributed by atoms with Crippen molar-refractivity contribution < 1.29 is 9.47 Å². The first-order valence-corrected chi connectivity index (χ1v) is 6.20. The van der Waals surface area contributed by atoms with Crippen molar-refractivity contribution in [3.8, 4) is 11.5 Å². The topological polar surface area (TPSA) is 33.7 Å². The summed E-state index contributed by atoms with van der Waals surface area (Å²) < 4.78 is 10.7. The van der Waals surface area contributed by atoms with Crippen LogP contribution in [0.2, 0.25) is 0 Å². The number of ether oxygens (including phenoxy) is 2.